The second kappa shape index (κ2) is 11.8. The van der Waals surface area contributed by atoms with Gasteiger partial charge in [0.05, 0.1) is 29.5 Å². The zero-order chi connectivity index (χ0) is 26.5. The first-order valence-electron chi connectivity index (χ1n) is 12.6. The van der Waals surface area contributed by atoms with Crippen molar-refractivity contribution < 1.29 is 19.1 Å². The van der Waals surface area contributed by atoms with Crippen LogP contribution in [0.2, 0.25) is 0 Å². The minimum Gasteiger partial charge on any atom is -0.383 e. The molecule has 0 spiro atoms. The maximum atomic E-state index is 13.7. The van der Waals surface area contributed by atoms with Gasteiger partial charge in [-0.2, -0.15) is 0 Å². The molecule has 0 aliphatic heterocycles. The van der Waals surface area contributed by atoms with Crippen LogP contribution in [0.4, 0.5) is 11.4 Å². The summed E-state index contributed by atoms with van der Waals surface area (Å²) in [5.41, 5.74) is 2.51. The van der Waals surface area contributed by atoms with Crippen molar-refractivity contribution in [1.29, 1.82) is 0 Å². The number of methoxy groups -OCH3 is 1. The first kappa shape index (κ1) is 26.8. The van der Waals surface area contributed by atoms with Crippen LogP contribution in [-0.2, 0) is 16.6 Å². The number of benzene rings is 1. The molecular formula is C28H34N4O4S. The highest BCUT2D eigenvalue weighted by Gasteiger charge is 2.33. The van der Waals surface area contributed by atoms with Crippen molar-refractivity contribution in [3.8, 4) is 10.4 Å². The van der Waals surface area contributed by atoms with Gasteiger partial charge in [0.25, 0.3) is 5.91 Å². The maximum Gasteiger partial charge on any atom is 0.275 e. The van der Waals surface area contributed by atoms with Gasteiger partial charge in [-0.05, 0) is 62.3 Å². The van der Waals surface area contributed by atoms with Crippen LogP contribution in [0.1, 0.15) is 59.7 Å². The van der Waals surface area contributed by atoms with Crippen molar-refractivity contribution >= 4 is 40.8 Å². The monoisotopic (exact) mass is 522 g/mol. The zero-order valence-corrected chi connectivity index (χ0v) is 22.6. The number of anilines is 2. The lowest BCUT2D eigenvalue weighted by Gasteiger charge is -2.34. The predicted octanol–water partition coefficient (Wildman–Crippen LogP) is 5.41. The molecule has 37 heavy (non-hydrogen) atoms. The van der Waals surface area contributed by atoms with Crippen LogP contribution >= 0.6 is 11.3 Å². The van der Waals surface area contributed by atoms with E-state index >= 15 is 0 Å². The quantitative estimate of drug-likeness (QED) is 0.380. The Labute approximate surface area is 221 Å². The van der Waals surface area contributed by atoms with Crippen LogP contribution in [0.5, 0.6) is 0 Å². The summed E-state index contributed by atoms with van der Waals surface area (Å²) < 4.78 is 7.10. The molecule has 3 aromatic rings. The summed E-state index contributed by atoms with van der Waals surface area (Å²) in [4.78, 5) is 45.4. The van der Waals surface area contributed by atoms with Gasteiger partial charge in [0.15, 0.2) is 6.29 Å². The molecule has 1 aromatic carbocycles. The molecule has 1 N–H and O–H groups in total. The standard InChI is InChI=1S/C28H34N4O4S/c1-18-5-7-21(8-6-18)28(35)32(19(2)16-36-4)24-13-25(37-26(24)15-33)20-9-11-22(12-10-20)30-27(34)23-14-31(3)17-29-23/h9-15,17-19,21H,5-8,16H2,1-4H3,(H,30,34). The van der Waals surface area contributed by atoms with Gasteiger partial charge in [0.2, 0.25) is 5.91 Å². The Morgan fingerprint density at radius 1 is 1.24 bits per heavy atom. The number of aromatic nitrogens is 2. The minimum absolute atomic E-state index is 0.0413. The van der Waals surface area contributed by atoms with Crippen molar-refractivity contribution in [1.82, 2.24) is 9.55 Å². The lowest BCUT2D eigenvalue weighted by molar-refractivity contribution is -0.124. The van der Waals surface area contributed by atoms with Crippen molar-refractivity contribution in [3.63, 3.8) is 0 Å². The molecular weight excluding hydrogens is 488 g/mol. The SMILES string of the molecule is COCC(C)N(C(=O)C1CCC(C)CC1)c1cc(-c2ccc(NC(=O)c3cn(C)cn3)cc2)sc1C=O. The molecule has 4 rings (SSSR count). The van der Waals surface area contributed by atoms with Crippen molar-refractivity contribution in [3.05, 3.63) is 53.4 Å². The highest BCUT2D eigenvalue weighted by molar-refractivity contribution is 7.17. The number of nitrogens with zero attached hydrogens (tertiary/aromatic N) is 3. The van der Waals surface area contributed by atoms with E-state index in [1.54, 1.807) is 29.1 Å². The topological polar surface area (TPSA) is 93.5 Å². The molecule has 0 saturated heterocycles. The zero-order valence-electron chi connectivity index (χ0n) is 21.8. The van der Waals surface area contributed by atoms with E-state index in [9.17, 15) is 14.4 Å². The number of carbonyl (C=O) groups is 3. The molecule has 2 aromatic heterocycles. The minimum atomic E-state index is -0.284. The lowest BCUT2D eigenvalue weighted by Crippen LogP contribution is -2.45. The fraction of sp³-hybridized carbons (Fsp3) is 0.429. The lowest BCUT2D eigenvalue weighted by atomic mass is 9.82. The summed E-state index contributed by atoms with van der Waals surface area (Å²) in [7, 11) is 3.43. The van der Waals surface area contributed by atoms with Crippen LogP contribution in [0.3, 0.4) is 0 Å². The number of hydrogen-bond donors (Lipinski definition) is 1. The number of carbonyl (C=O) groups excluding carboxylic acids is 3. The molecule has 0 bridgehead atoms. The molecule has 1 fully saturated rings. The Hall–Kier alpha value is -3.30. The Morgan fingerprint density at radius 2 is 1.95 bits per heavy atom. The van der Waals surface area contributed by atoms with E-state index in [1.165, 1.54) is 11.3 Å². The average molecular weight is 523 g/mol. The first-order valence-corrected chi connectivity index (χ1v) is 13.4. The number of aryl methyl sites for hydroxylation is 1. The van der Waals surface area contributed by atoms with E-state index < -0.39 is 0 Å². The molecule has 0 radical (unpaired) electrons. The molecule has 1 unspecified atom stereocenters. The largest absolute Gasteiger partial charge is 0.383 e. The number of rotatable bonds is 9. The van der Waals surface area contributed by atoms with Crippen LogP contribution in [-0.4, -0.2) is 47.4 Å². The molecule has 2 heterocycles. The number of hydrogen-bond acceptors (Lipinski definition) is 6. The summed E-state index contributed by atoms with van der Waals surface area (Å²) in [5.74, 6) is 0.383. The summed E-state index contributed by atoms with van der Waals surface area (Å²) >= 11 is 1.36. The van der Waals surface area contributed by atoms with Crippen molar-refractivity contribution in [2.75, 3.05) is 23.9 Å². The van der Waals surface area contributed by atoms with Crippen molar-refractivity contribution in [2.45, 2.75) is 45.6 Å². The van der Waals surface area contributed by atoms with Gasteiger partial charge in [0, 0.05) is 36.8 Å². The highest BCUT2D eigenvalue weighted by Crippen LogP contribution is 2.39. The van der Waals surface area contributed by atoms with Gasteiger partial charge in [-0.3, -0.25) is 14.4 Å². The Balaban J connectivity index is 1.58. The van der Waals surface area contributed by atoms with E-state index in [2.05, 4.69) is 17.2 Å². The third-order valence-electron chi connectivity index (χ3n) is 6.92. The summed E-state index contributed by atoms with van der Waals surface area (Å²) in [6.07, 6.45) is 7.89. The predicted molar refractivity (Wildman–Crippen MR) is 146 cm³/mol. The molecule has 1 aliphatic carbocycles. The van der Waals surface area contributed by atoms with E-state index in [1.807, 2.05) is 44.3 Å². The Bertz CT molecular complexity index is 1240. The number of imidazole rings is 1. The Kier molecular flexibility index (Phi) is 8.56. The average Bonchev–Trinajstić information content (AvgIpc) is 3.52. The number of amides is 2. The van der Waals surface area contributed by atoms with Gasteiger partial charge in [0.1, 0.15) is 5.69 Å². The normalized spacial score (nSPS) is 18.3. The Morgan fingerprint density at radius 3 is 2.54 bits per heavy atom. The first-order chi connectivity index (χ1) is 17.8. The molecule has 1 saturated carbocycles. The van der Waals surface area contributed by atoms with E-state index in [4.69, 9.17) is 4.74 Å². The van der Waals surface area contributed by atoms with Crippen LogP contribution in [0, 0.1) is 11.8 Å². The van der Waals surface area contributed by atoms with Gasteiger partial charge in [-0.15, -0.1) is 11.3 Å². The van der Waals surface area contributed by atoms with Gasteiger partial charge in [-0.25, -0.2) is 4.98 Å². The van der Waals surface area contributed by atoms with Crippen LogP contribution in [0.25, 0.3) is 10.4 Å². The molecule has 1 atom stereocenters. The molecule has 8 nitrogen and oxygen atoms in total. The third-order valence-corrected chi connectivity index (χ3v) is 8.02. The van der Waals surface area contributed by atoms with Crippen LogP contribution < -0.4 is 10.2 Å². The van der Waals surface area contributed by atoms with E-state index in [-0.39, 0.29) is 23.8 Å². The van der Waals surface area contributed by atoms with E-state index in [0.717, 1.165) is 42.4 Å². The number of thiophene rings is 1. The van der Waals surface area contributed by atoms with Crippen LogP contribution in [0.15, 0.2) is 42.9 Å². The second-order valence-corrected chi connectivity index (χ2v) is 11.0. The number of ether oxygens (including phenoxy) is 1. The second-order valence-electron chi connectivity index (χ2n) is 9.90. The van der Waals surface area contributed by atoms with E-state index in [0.29, 0.717) is 34.5 Å². The van der Waals surface area contributed by atoms with Gasteiger partial charge >= 0.3 is 0 Å². The molecule has 9 heteroatoms. The highest BCUT2D eigenvalue weighted by atomic mass is 32.1. The summed E-state index contributed by atoms with van der Waals surface area (Å²) in [5, 5.41) is 2.85. The fourth-order valence-corrected chi connectivity index (χ4v) is 5.82. The molecule has 1 aliphatic rings. The summed E-state index contributed by atoms with van der Waals surface area (Å²) in [6, 6.07) is 9.13. The van der Waals surface area contributed by atoms with Gasteiger partial charge < -0.3 is 19.5 Å². The molecule has 196 valence electrons. The fourth-order valence-electron chi connectivity index (χ4n) is 4.85. The number of aldehydes is 1. The molecule has 2 amide bonds. The summed E-state index contributed by atoms with van der Waals surface area (Å²) in [6.45, 7) is 4.57. The van der Waals surface area contributed by atoms with Crippen molar-refractivity contribution in [2.24, 2.45) is 18.9 Å². The maximum absolute atomic E-state index is 13.7. The number of nitrogens with one attached hydrogen (secondary N) is 1. The third kappa shape index (κ3) is 6.17. The van der Waals surface area contributed by atoms with Gasteiger partial charge in [-0.1, -0.05) is 19.1 Å². The smallest absolute Gasteiger partial charge is 0.275 e.